The molecule has 0 aliphatic carbocycles. The zero-order valence-electron chi connectivity index (χ0n) is 11.9. The summed E-state index contributed by atoms with van der Waals surface area (Å²) in [5.74, 6) is -0.443. The number of nitrogens with two attached hydrogens (primary N) is 2. The van der Waals surface area contributed by atoms with Gasteiger partial charge >= 0.3 is 0 Å². The van der Waals surface area contributed by atoms with Crippen LogP contribution in [0.25, 0.3) is 22.1 Å². The third-order valence-electron chi connectivity index (χ3n) is 3.33. The molecule has 0 radical (unpaired) electrons. The normalized spacial score (nSPS) is 11.6. The van der Waals surface area contributed by atoms with Crippen LogP contribution in [0.1, 0.15) is 0 Å². The van der Waals surface area contributed by atoms with Gasteiger partial charge in [-0.15, -0.1) is 0 Å². The zero-order chi connectivity index (χ0) is 16.8. The molecule has 10 heteroatoms. The van der Waals surface area contributed by atoms with E-state index < -0.39 is 11.6 Å². The maximum Gasteiger partial charge on any atom is 0.198 e. The molecule has 0 bridgehead atoms. The second-order valence-corrected chi connectivity index (χ2v) is 7.22. The van der Waals surface area contributed by atoms with E-state index in [1.165, 1.54) is 12.1 Å². The molecule has 0 saturated heterocycles. The summed E-state index contributed by atoms with van der Waals surface area (Å²) < 4.78 is 28.3. The van der Waals surface area contributed by atoms with Gasteiger partial charge in [0.1, 0.15) is 11.6 Å². The van der Waals surface area contributed by atoms with Gasteiger partial charge in [-0.3, -0.25) is 0 Å². The molecule has 0 spiro atoms. The van der Waals surface area contributed by atoms with Crippen LogP contribution in [0.2, 0.25) is 0 Å². The minimum Gasteiger partial charge on any atom is -0.369 e. The Morgan fingerprint density at radius 3 is 1.58 bits per heavy atom. The topological polar surface area (TPSA) is 109 Å². The molecule has 122 valence electrons. The number of aromatic amines is 2. The van der Waals surface area contributed by atoms with E-state index in [1.807, 2.05) is 0 Å². The summed E-state index contributed by atoms with van der Waals surface area (Å²) in [6, 6.07) is 5.77. The van der Waals surface area contributed by atoms with Crippen LogP contribution >= 0.6 is 21.6 Å². The van der Waals surface area contributed by atoms with Crippen molar-refractivity contribution in [2.24, 2.45) is 0 Å². The molecule has 24 heavy (non-hydrogen) atoms. The van der Waals surface area contributed by atoms with Crippen LogP contribution < -0.4 is 11.5 Å². The van der Waals surface area contributed by atoms with E-state index in [0.29, 0.717) is 31.9 Å². The SMILES string of the molecule is Nc1nc2cc(SSc3cc4nc(N)[nH]c4cc3F)c(F)cc2[nH]1. The molecule has 6 N–H and O–H groups in total. The van der Waals surface area contributed by atoms with Crippen molar-refractivity contribution in [2.75, 3.05) is 11.5 Å². The number of hydrogen-bond donors (Lipinski definition) is 4. The van der Waals surface area contributed by atoms with Crippen LogP contribution in [0.15, 0.2) is 34.1 Å². The van der Waals surface area contributed by atoms with Gasteiger partial charge in [0.15, 0.2) is 11.9 Å². The fourth-order valence-electron chi connectivity index (χ4n) is 2.28. The van der Waals surface area contributed by atoms with Crippen molar-refractivity contribution >= 4 is 55.6 Å². The van der Waals surface area contributed by atoms with E-state index in [1.54, 1.807) is 12.1 Å². The Kier molecular flexibility index (Phi) is 3.50. The second kappa shape index (κ2) is 5.56. The van der Waals surface area contributed by atoms with Crippen molar-refractivity contribution in [1.82, 2.24) is 19.9 Å². The van der Waals surface area contributed by atoms with Crippen LogP contribution in [0.5, 0.6) is 0 Å². The van der Waals surface area contributed by atoms with Crippen molar-refractivity contribution in [1.29, 1.82) is 0 Å². The fraction of sp³-hybridized carbons (Fsp3) is 0. The molecule has 2 aromatic carbocycles. The number of nitrogens with zero attached hydrogens (tertiary/aromatic N) is 2. The minimum atomic E-state index is -0.436. The molecule has 0 unspecified atom stereocenters. The molecule has 4 rings (SSSR count). The van der Waals surface area contributed by atoms with Gasteiger partial charge in [0.05, 0.1) is 31.9 Å². The van der Waals surface area contributed by atoms with Crippen LogP contribution in [0.4, 0.5) is 20.7 Å². The van der Waals surface area contributed by atoms with Gasteiger partial charge in [0, 0.05) is 12.1 Å². The van der Waals surface area contributed by atoms with Crippen LogP contribution in [-0.2, 0) is 0 Å². The maximum absolute atomic E-state index is 14.1. The number of halogens is 2. The van der Waals surface area contributed by atoms with Gasteiger partial charge in [-0.25, -0.2) is 18.7 Å². The Balaban J connectivity index is 1.64. The molecular formula is C14H10F2N6S2. The average Bonchev–Trinajstić information content (AvgIpc) is 3.04. The molecule has 0 fully saturated rings. The lowest BCUT2D eigenvalue weighted by Gasteiger charge is -2.04. The Bertz CT molecular complexity index is 988. The number of aromatic nitrogens is 4. The molecule has 2 aromatic heterocycles. The van der Waals surface area contributed by atoms with E-state index in [2.05, 4.69) is 19.9 Å². The summed E-state index contributed by atoms with van der Waals surface area (Å²) in [6.45, 7) is 0. The highest BCUT2D eigenvalue weighted by atomic mass is 33.1. The van der Waals surface area contributed by atoms with Gasteiger partial charge in [0.25, 0.3) is 0 Å². The van der Waals surface area contributed by atoms with Crippen molar-refractivity contribution in [3.63, 3.8) is 0 Å². The standard InChI is InChI=1S/C14H10F2N6S2/c15-5-1-7-9(21-13(17)19-7)3-11(5)23-24-12-4-10-8(2-6(12)16)20-14(18)22-10/h1-4H,(H3,17,19,21)(H3,18,20,22). The first-order valence-corrected chi connectivity index (χ1v) is 8.88. The number of benzene rings is 2. The predicted molar refractivity (Wildman–Crippen MR) is 92.6 cm³/mol. The van der Waals surface area contributed by atoms with Gasteiger partial charge in [-0.2, -0.15) is 0 Å². The molecule has 0 aliphatic rings. The van der Waals surface area contributed by atoms with E-state index in [4.69, 9.17) is 11.5 Å². The van der Waals surface area contributed by atoms with Crippen LogP contribution in [0, 0.1) is 11.6 Å². The highest BCUT2D eigenvalue weighted by Crippen LogP contribution is 2.41. The van der Waals surface area contributed by atoms with E-state index >= 15 is 0 Å². The number of nitrogens with one attached hydrogen (secondary N) is 2. The molecule has 0 saturated carbocycles. The summed E-state index contributed by atoms with van der Waals surface area (Å²) in [5, 5.41) is 0. The van der Waals surface area contributed by atoms with Gasteiger partial charge in [-0.05, 0) is 33.7 Å². The quantitative estimate of drug-likeness (QED) is 0.413. The van der Waals surface area contributed by atoms with Crippen LogP contribution in [0.3, 0.4) is 0 Å². The second-order valence-electron chi connectivity index (χ2n) is 5.01. The number of hydrogen-bond acceptors (Lipinski definition) is 6. The van der Waals surface area contributed by atoms with Crippen LogP contribution in [-0.4, -0.2) is 19.9 Å². The summed E-state index contributed by atoms with van der Waals surface area (Å²) in [4.78, 5) is 14.3. The first-order valence-electron chi connectivity index (χ1n) is 6.73. The summed E-state index contributed by atoms with van der Waals surface area (Å²) >= 11 is 0. The Hall–Kier alpha value is -2.46. The lowest BCUT2D eigenvalue weighted by molar-refractivity contribution is 0.603. The summed E-state index contributed by atoms with van der Waals surface area (Å²) in [7, 11) is 2.18. The molecule has 0 amide bonds. The average molecular weight is 364 g/mol. The fourth-order valence-corrected chi connectivity index (χ4v) is 4.36. The first-order chi connectivity index (χ1) is 11.5. The third-order valence-corrected chi connectivity index (χ3v) is 5.72. The summed E-state index contributed by atoms with van der Waals surface area (Å²) in [6.07, 6.45) is 0. The first kappa shape index (κ1) is 15.1. The Morgan fingerprint density at radius 1 is 0.750 bits per heavy atom. The lowest BCUT2D eigenvalue weighted by Crippen LogP contribution is -1.84. The minimum absolute atomic E-state index is 0.215. The largest absolute Gasteiger partial charge is 0.369 e. The number of imidazole rings is 2. The third kappa shape index (κ3) is 2.63. The summed E-state index contributed by atoms with van der Waals surface area (Å²) in [5.41, 5.74) is 13.2. The van der Waals surface area contributed by atoms with Crippen molar-refractivity contribution < 1.29 is 8.78 Å². The highest BCUT2D eigenvalue weighted by molar-refractivity contribution is 8.76. The molecule has 6 nitrogen and oxygen atoms in total. The van der Waals surface area contributed by atoms with E-state index in [-0.39, 0.29) is 11.9 Å². The van der Waals surface area contributed by atoms with Gasteiger partial charge < -0.3 is 21.4 Å². The zero-order valence-corrected chi connectivity index (χ0v) is 13.6. The van der Waals surface area contributed by atoms with Crippen molar-refractivity contribution in [2.45, 2.75) is 9.79 Å². The van der Waals surface area contributed by atoms with Gasteiger partial charge in [-0.1, -0.05) is 0 Å². The van der Waals surface area contributed by atoms with Gasteiger partial charge in [0.2, 0.25) is 0 Å². The van der Waals surface area contributed by atoms with E-state index in [9.17, 15) is 8.78 Å². The molecule has 0 aliphatic heterocycles. The van der Waals surface area contributed by atoms with E-state index in [0.717, 1.165) is 21.6 Å². The monoisotopic (exact) mass is 364 g/mol. The lowest BCUT2D eigenvalue weighted by atomic mass is 10.3. The van der Waals surface area contributed by atoms with Crippen molar-refractivity contribution in [3.8, 4) is 0 Å². The van der Waals surface area contributed by atoms with Crippen molar-refractivity contribution in [3.05, 3.63) is 35.9 Å². The maximum atomic E-state index is 14.1. The number of H-pyrrole nitrogens is 2. The molecule has 0 atom stereocenters. The molecule has 4 aromatic rings. The number of anilines is 2. The highest BCUT2D eigenvalue weighted by Gasteiger charge is 2.13. The molecule has 2 heterocycles. The number of nitrogen functional groups attached to an aromatic ring is 2. The Labute approximate surface area is 141 Å². The number of fused-ring (bicyclic) bond motifs is 2. The smallest absolute Gasteiger partial charge is 0.198 e. The number of rotatable bonds is 3. The predicted octanol–water partition coefficient (Wildman–Crippen LogP) is 3.68. The Morgan fingerprint density at radius 2 is 1.17 bits per heavy atom. The molecular weight excluding hydrogens is 354 g/mol.